The highest BCUT2D eigenvalue weighted by molar-refractivity contribution is 5.59. The van der Waals surface area contributed by atoms with Gasteiger partial charge in [-0.2, -0.15) is 13.2 Å². The molecular weight excluding hydrogens is 245 g/mol. The third-order valence-electron chi connectivity index (χ3n) is 2.46. The summed E-state index contributed by atoms with van der Waals surface area (Å²) in [6.45, 7) is 2.02. The lowest BCUT2D eigenvalue weighted by Crippen LogP contribution is -2.13. The summed E-state index contributed by atoms with van der Waals surface area (Å²) in [5.41, 5.74) is 4.69. The number of benzene rings is 1. The van der Waals surface area contributed by atoms with Gasteiger partial charge >= 0.3 is 6.18 Å². The SMILES string of the molecule is CC(O)CCCNc1ccc(N)cc1C(F)(F)F. The number of nitrogens with two attached hydrogens (primary N) is 1. The van der Waals surface area contributed by atoms with Gasteiger partial charge in [0.15, 0.2) is 0 Å². The standard InChI is InChI=1S/C12H17F3N2O/c1-8(18)3-2-6-17-11-5-4-9(16)7-10(11)12(13,14)15/h4-5,7-8,17-18H,2-3,6,16H2,1H3. The zero-order valence-corrected chi connectivity index (χ0v) is 10.1. The Hall–Kier alpha value is -1.43. The number of nitrogen functional groups attached to an aromatic ring is 1. The van der Waals surface area contributed by atoms with Crippen LogP contribution in [0.5, 0.6) is 0 Å². The van der Waals surface area contributed by atoms with Gasteiger partial charge in [0.2, 0.25) is 0 Å². The molecule has 1 aromatic carbocycles. The molecule has 1 atom stereocenters. The summed E-state index contributed by atoms with van der Waals surface area (Å²) in [4.78, 5) is 0. The molecule has 3 nitrogen and oxygen atoms in total. The van der Waals surface area contributed by atoms with Gasteiger partial charge in [-0.3, -0.25) is 0 Å². The van der Waals surface area contributed by atoms with Crippen molar-refractivity contribution in [2.24, 2.45) is 0 Å². The summed E-state index contributed by atoms with van der Waals surface area (Å²) < 4.78 is 38.2. The topological polar surface area (TPSA) is 58.3 Å². The molecule has 1 aromatic rings. The molecule has 6 heteroatoms. The molecule has 0 saturated heterocycles. The Balaban J connectivity index is 2.70. The summed E-state index contributed by atoms with van der Waals surface area (Å²) in [7, 11) is 0. The van der Waals surface area contributed by atoms with Gasteiger partial charge in [-0.1, -0.05) is 0 Å². The van der Waals surface area contributed by atoms with Crippen molar-refractivity contribution >= 4 is 11.4 Å². The van der Waals surface area contributed by atoms with Crippen molar-refractivity contribution in [2.75, 3.05) is 17.6 Å². The molecule has 0 bridgehead atoms. The van der Waals surface area contributed by atoms with E-state index in [2.05, 4.69) is 5.32 Å². The number of anilines is 2. The van der Waals surface area contributed by atoms with E-state index in [-0.39, 0.29) is 11.4 Å². The van der Waals surface area contributed by atoms with Crippen LogP contribution in [0.15, 0.2) is 18.2 Å². The van der Waals surface area contributed by atoms with Gasteiger partial charge in [0, 0.05) is 17.9 Å². The summed E-state index contributed by atoms with van der Waals surface area (Å²) in [6, 6.07) is 3.66. The van der Waals surface area contributed by atoms with Gasteiger partial charge in [0.05, 0.1) is 11.7 Å². The van der Waals surface area contributed by atoms with Crippen molar-refractivity contribution in [3.05, 3.63) is 23.8 Å². The number of aliphatic hydroxyl groups excluding tert-OH is 1. The number of halogens is 3. The predicted octanol–water partition coefficient (Wildman–Crippen LogP) is 2.86. The van der Waals surface area contributed by atoms with Gasteiger partial charge in [-0.05, 0) is 38.0 Å². The lowest BCUT2D eigenvalue weighted by atomic mass is 10.1. The van der Waals surface area contributed by atoms with Gasteiger partial charge < -0.3 is 16.2 Å². The Bertz CT molecular complexity index is 391. The van der Waals surface area contributed by atoms with Crippen LogP contribution < -0.4 is 11.1 Å². The average Bonchev–Trinajstić information content (AvgIpc) is 2.24. The number of nitrogens with one attached hydrogen (secondary N) is 1. The number of alkyl halides is 3. The van der Waals surface area contributed by atoms with Gasteiger partial charge in [-0.15, -0.1) is 0 Å². The molecule has 0 aliphatic rings. The van der Waals surface area contributed by atoms with Crippen molar-refractivity contribution < 1.29 is 18.3 Å². The van der Waals surface area contributed by atoms with Gasteiger partial charge in [-0.25, -0.2) is 0 Å². The lowest BCUT2D eigenvalue weighted by molar-refractivity contribution is -0.136. The quantitative estimate of drug-likeness (QED) is 0.565. The average molecular weight is 262 g/mol. The molecule has 102 valence electrons. The third-order valence-corrected chi connectivity index (χ3v) is 2.46. The number of rotatable bonds is 5. The van der Waals surface area contributed by atoms with Gasteiger partial charge in [0.25, 0.3) is 0 Å². The second-order valence-corrected chi connectivity index (χ2v) is 4.22. The molecule has 1 unspecified atom stereocenters. The Morgan fingerprint density at radius 1 is 1.39 bits per heavy atom. The van der Waals surface area contributed by atoms with Crippen molar-refractivity contribution in [1.82, 2.24) is 0 Å². The minimum atomic E-state index is -4.43. The van der Waals surface area contributed by atoms with E-state index in [1.165, 1.54) is 12.1 Å². The highest BCUT2D eigenvalue weighted by Crippen LogP contribution is 2.36. The first kappa shape index (κ1) is 14.6. The molecule has 0 saturated carbocycles. The van der Waals surface area contributed by atoms with E-state index in [1.807, 2.05) is 0 Å². The molecule has 0 fully saturated rings. The third kappa shape index (κ3) is 4.44. The van der Waals surface area contributed by atoms with Crippen LogP contribution in [0.4, 0.5) is 24.5 Å². The molecule has 0 spiro atoms. The number of aliphatic hydroxyl groups is 1. The first-order valence-electron chi connectivity index (χ1n) is 5.69. The molecule has 0 amide bonds. The fraction of sp³-hybridized carbons (Fsp3) is 0.500. The van der Waals surface area contributed by atoms with E-state index in [9.17, 15) is 13.2 Å². The number of hydrogen-bond acceptors (Lipinski definition) is 3. The predicted molar refractivity (Wildman–Crippen MR) is 65.3 cm³/mol. The van der Waals surface area contributed by atoms with E-state index in [0.717, 1.165) is 6.07 Å². The van der Waals surface area contributed by atoms with Crippen LogP contribution in [-0.4, -0.2) is 17.8 Å². The Kier molecular flexibility index (Phi) is 4.84. The highest BCUT2D eigenvalue weighted by atomic mass is 19.4. The van der Waals surface area contributed by atoms with E-state index in [0.29, 0.717) is 19.4 Å². The molecule has 0 heterocycles. The Labute approximate surface area is 104 Å². The minimum absolute atomic E-state index is 0.0160. The fourth-order valence-corrected chi connectivity index (χ4v) is 1.57. The Morgan fingerprint density at radius 2 is 2.06 bits per heavy atom. The van der Waals surface area contributed by atoms with Crippen molar-refractivity contribution in [1.29, 1.82) is 0 Å². The summed E-state index contributed by atoms with van der Waals surface area (Å²) >= 11 is 0. The first-order valence-corrected chi connectivity index (χ1v) is 5.69. The van der Waals surface area contributed by atoms with Gasteiger partial charge in [0.1, 0.15) is 0 Å². The minimum Gasteiger partial charge on any atom is -0.399 e. The maximum atomic E-state index is 12.7. The monoisotopic (exact) mass is 262 g/mol. The zero-order valence-electron chi connectivity index (χ0n) is 10.1. The molecule has 18 heavy (non-hydrogen) atoms. The van der Waals surface area contributed by atoms with Crippen LogP contribution in [0.1, 0.15) is 25.3 Å². The van der Waals surface area contributed by atoms with Crippen molar-refractivity contribution in [2.45, 2.75) is 32.0 Å². The maximum absolute atomic E-state index is 12.7. The molecule has 0 radical (unpaired) electrons. The van der Waals surface area contributed by atoms with E-state index in [1.54, 1.807) is 6.92 Å². The maximum Gasteiger partial charge on any atom is 0.418 e. The molecular formula is C12H17F3N2O. The zero-order chi connectivity index (χ0) is 13.8. The van der Waals surface area contributed by atoms with Crippen LogP contribution in [-0.2, 0) is 6.18 Å². The molecule has 0 aromatic heterocycles. The molecule has 0 aliphatic heterocycles. The summed E-state index contributed by atoms with van der Waals surface area (Å²) in [5, 5.41) is 11.8. The summed E-state index contributed by atoms with van der Waals surface area (Å²) in [5.74, 6) is 0. The molecule has 0 aliphatic carbocycles. The second kappa shape index (κ2) is 5.95. The largest absolute Gasteiger partial charge is 0.418 e. The van der Waals surface area contributed by atoms with E-state index < -0.39 is 17.8 Å². The highest BCUT2D eigenvalue weighted by Gasteiger charge is 2.33. The summed E-state index contributed by atoms with van der Waals surface area (Å²) in [6.07, 6.45) is -3.73. The van der Waals surface area contributed by atoms with Crippen LogP contribution >= 0.6 is 0 Å². The van der Waals surface area contributed by atoms with Crippen LogP contribution in [0, 0.1) is 0 Å². The normalized spacial score (nSPS) is 13.4. The first-order chi connectivity index (χ1) is 8.30. The number of hydrogen-bond donors (Lipinski definition) is 3. The second-order valence-electron chi connectivity index (χ2n) is 4.22. The van der Waals surface area contributed by atoms with Crippen LogP contribution in [0.3, 0.4) is 0 Å². The van der Waals surface area contributed by atoms with E-state index >= 15 is 0 Å². The Morgan fingerprint density at radius 3 is 2.61 bits per heavy atom. The van der Waals surface area contributed by atoms with Crippen molar-refractivity contribution in [3.63, 3.8) is 0 Å². The van der Waals surface area contributed by atoms with Crippen LogP contribution in [0.2, 0.25) is 0 Å². The van der Waals surface area contributed by atoms with Crippen LogP contribution in [0.25, 0.3) is 0 Å². The molecule has 1 rings (SSSR count). The molecule has 4 N–H and O–H groups in total. The lowest BCUT2D eigenvalue weighted by Gasteiger charge is -2.15. The van der Waals surface area contributed by atoms with E-state index in [4.69, 9.17) is 10.8 Å². The fourth-order valence-electron chi connectivity index (χ4n) is 1.57. The van der Waals surface area contributed by atoms with Crippen molar-refractivity contribution in [3.8, 4) is 0 Å². The smallest absolute Gasteiger partial charge is 0.399 e.